The van der Waals surface area contributed by atoms with Gasteiger partial charge in [0.25, 0.3) is 0 Å². The number of carbonyl (C=O) groups excluding carboxylic acids is 1. The number of carbonyl (C=O) groups is 1. The van der Waals surface area contributed by atoms with Crippen LogP contribution in [0.25, 0.3) is 0 Å². The molecule has 2 unspecified atom stereocenters. The van der Waals surface area contributed by atoms with Crippen molar-refractivity contribution in [1.82, 2.24) is 14.8 Å². The van der Waals surface area contributed by atoms with Gasteiger partial charge in [0.2, 0.25) is 5.88 Å². The Hall–Kier alpha value is -2.79. The molecule has 0 saturated carbocycles. The summed E-state index contributed by atoms with van der Waals surface area (Å²) in [5, 5.41) is 3.36. The van der Waals surface area contributed by atoms with Crippen molar-refractivity contribution in [3.63, 3.8) is 0 Å². The highest BCUT2D eigenvalue weighted by Crippen LogP contribution is 2.36. The number of hydrogen-bond donors (Lipinski definition) is 0. The van der Waals surface area contributed by atoms with E-state index in [9.17, 15) is 31.1 Å². The number of hydrogen-bond acceptors (Lipinski definition) is 5. The summed E-state index contributed by atoms with van der Waals surface area (Å²) >= 11 is 0. The first-order valence-electron chi connectivity index (χ1n) is 8.96. The molecule has 2 aromatic rings. The number of aromatic nitrogens is 3. The molecule has 1 fully saturated rings. The zero-order valence-corrected chi connectivity index (χ0v) is 16.0. The predicted octanol–water partition coefficient (Wildman–Crippen LogP) is 3.96. The highest BCUT2D eigenvalue weighted by molar-refractivity contribution is 5.80. The molecule has 0 radical (unpaired) electrons. The second-order valence-electron chi connectivity index (χ2n) is 7.08. The summed E-state index contributed by atoms with van der Waals surface area (Å²) in [6, 6.07) is 2.22. The molecule has 164 valence electrons. The molecular weight excluding hydrogens is 418 g/mol. The highest BCUT2D eigenvalue weighted by atomic mass is 19.4. The first kappa shape index (κ1) is 21.9. The predicted molar refractivity (Wildman–Crippen MR) is 93.2 cm³/mol. The molecule has 6 nitrogen and oxygen atoms in total. The lowest BCUT2D eigenvalue weighted by Crippen LogP contribution is -2.45. The topological polar surface area (TPSA) is 60.3 Å². The SMILES string of the molecule is CC1CN(c2ccc(C(F)(F)F)cn2)CCC1Oc1c(C=O)c(C(F)(F)F)nn1C. The maximum absolute atomic E-state index is 13.1. The summed E-state index contributed by atoms with van der Waals surface area (Å²) in [5.41, 5.74) is -2.83. The monoisotopic (exact) mass is 436 g/mol. The van der Waals surface area contributed by atoms with Gasteiger partial charge in [-0.05, 0) is 12.1 Å². The van der Waals surface area contributed by atoms with Gasteiger partial charge < -0.3 is 9.64 Å². The van der Waals surface area contributed by atoms with E-state index in [1.54, 1.807) is 11.8 Å². The van der Waals surface area contributed by atoms with E-state index >= 15 is 0 Å². The zero-order chi connectivity index (χ0) is 22.3. The first-order chi connectivity index (χ1) is 13.9. The van der Waals surface area contributed by atoms with Crippen molar-refractivity contribution in [2.24, 2.45) is 13.0 Å². The third-order valence-corrected chi connectivity index (χ3v) is 4.90. The Morgan fingerprint density at radius 2 is 1.87 bits per heavy atom. The van der Waals surface area contributed by atoms with Crippen LogP contribution in [0.4, 0.5) is 32.2 Å². The molecule has 1 saturated heterocycles. The largest absolute Gasteiger partial charge is 0.474 e. The molecule has 0 aromatic carbocycles. The van der Waals surface area contributed by atoms with E-state index < -0.39 is 35.3 Å². The van der Waals surface area contributed by atoms with Gasteiger partial charge in [0.05, 0.1) is 5.56 Å². The molecule has 1 aliphatic heterocycles. The standard InChI is InChI=1S/C18H18F6N4O2/c1-10-8-28(14-4-3-11(7-25-14)17(19,20)21)6-5-13(10)30-16-12(9-29)15(18(22,23)24)26-27(16)2/h3-4,7,9-10,13H,5-6,8H2,1-2H3. The third kappa shape index (κ3) is 4.36. The molecule has 12 heteroatoms. The minimum Gasteiger partial charge on any atom is -0.474 e. The van der Waals surface area contributed by atoms with Crippen LogP contribution in [0.2, 0.25) is 0 Å². The van der Waals surface area contributed by atoms with Crippen LogP contribution in [0.3, 0.4) is 0 Å². The summed E-state index contributed by atoms with van der Waals surface area (Å²) < 4.78 is 83.8. The van der Waals surface area contributed by atoms with Gasteiger partial charge in [-0.25, -0.2) is 9.67 Å². The summed E-state index contributed by atoms with van der Waals surface area (Å²) in [7, 11) is 1.25. The molecule has 0 amide bonds. The Kier molecular flexibility index (Phi) is 5.70. The van der Waals surface area contributed by atoms with Crippen LogP contribution in [-0.2, 0) is 19.4 Å². The van der Waals surface area contributed by atoms with E-state index in [1.807, 2.05) is 0 Å². The molecular formula is C18H18F6N4O2. The molecule has 0 spiro atoms. The van der Waals surface area contributed by atoms with Gasteiger partial charge in [-0.15, -0.1) is 0 Å². The average Bonchev–Trinajstić information content (AvgIpc) is 2.98. The molecule has 3 rings (SSSR count). The summed E-state index contributed by atoms with van der Waals surface area (Å²) in [4.78, 5) is 16.9. The van der Waals surface area contributed by atoms with Gasteiger partial charge in [-0.2, -0.15) is 31.4 Å². The molecule has 3 heterocycles. The summed E-state index contributed by atoms with van der Waals surface area (Å²) in [6.07, 6.45) is -8.59. The number of alkyl halides is 6. The van der Waals surface area contributed by atoms with Crippen LogP contribution in [-0.4, -0.2) is 40.2 Å². The molecule has 1 aliphatic rings. The number of anilines is 1. The number of halogens is 6. The Balaban J connectivity index is 1.73. The van der Waals surface area contributed by atoms with Crippen molar-refractivity contribution in [2.75, 3.05) is 18.0 Å². The number of pyridine rings is 1. The smallest absolute Gasteiger partial charge is 0.436 e. The molecule has 30 heavy (non-hydrogen) atoms. The van der Waals surface area contributed by atoms with Gasteiger partial charge in [-0.3, -0.25) is 4.79 Å². The maximum atomic E-state index is 13.1. The van der Waals surface area contributed by atoms with Gasteiger partial charge in [-0.1, -0.05) is 6.92 Å². The Bertz CT molecular complexity index is 907. The van der Waals surface area contributed by atoms with E-state index in [0.717, 1.165) is 16.9 Å². The van der Waals surface area contributed by atoms with Crippen LogP contribution >= 0.6 is 0 Å². The van der Waals surface area contributed by atoms with Gasteiger partial charge >= 0.3 is 12.4 Å². The minimum absolute atomic E-state index is 0.0665. The Morgan fingerprint density at radius 1 is 1.17 bits per heavy atom. The van der Waals surface area contributed by atoms with E-state index in [2.05, 4.69) is 10.1 Å². The summed E-state index contributed by atoms with van der Waals surface area (Å²) in [6.45, 7) is 2.53. The van der Waals surface area contributed by atoms with Crippen LogP contribution in [0.1, 0.15) is 35.0 Å². The third-order valence-electron chi connectivity index (χ3n) is 4.90. The Labute approximate surface area is 167 Å². The fourth-order valence-corrected chi connectivity index (χ4v) is 3.37. The van der Waals surface area contributed by atoms with Crippen molar-refractivity contribution < 1.29 is 35.9 Å². The molecule has 2 atom stereocenters. The highest BCUT2D eigenvalue weighted by Gasteiger charge is 2.40. The van der Waals surface area contributed by atoms with Crippen LogP contribution in [0.15, 0.2) is 18.3 Å². The second kappa shape index (κ2) is 7.80. The first-order valence-corrected chi connectivity index (χ1v) is 8.96. The van der Waals surface area contributed by atoms with E-state index in [4.69, 9.17) is 4.74 Å². The Morgan fingerprint density at radius 3 is 2.37 bits per heavy atom. The fourth-order valence-electron chi connectivity index (χ4n) is 3.37. The van der Waals surface area contributed by atoms with Gasteiger partial charge in [0.1, 0.15) is 17.5 Å². The normalized spacial score (nSPS) is 20.3. The number of ether oxygens (including phenoxy) is 1. The number of nitrogens with zero attached hydrogens (tertiary/aromatic N) is 4. The van der Waals surface area contributed by atoms with E-state index in [1.165, 1.54) is 13.1 Å². The lowest BCUT2D eigenvalue weighted by Gasteiger charge is -2.37. The number of piperidine rings is 1. The zero-order valence-electron chi connectivity index (χ0n) is 16.0. The maximum Gasteiger partial charge on any atom is 0.436 e. The van der Waals surface area contributed by atoms with Crippen LogP contribution in [0, 0.1) is 5.92 Å². The van der Waals surface area contributed by atoms with Crippen LogP contribution in [0.5, 0.6) is 5.88 Å². The van der Waals surface area contributed by atoms with E-state index in [-0.39, 0.29) is 18.1 Å². The van der Waals surface area contributed by atoms with Crippen molar-refractivity contribution in [1.29, 1.82) is 0 Å². The second-order valence-corrected chi connectivity index (χ2v) is 7.08. The molecule has 2 aromatic heterocycles. The van der Waals surface area contributed by atoms with Crippen molar-refractivity contribution in [2.45, 2.75) is 31.8 Å². The van der Waals surface area contributed by atoms with E-state index in [0.29, 0.717) is 25.3 Å². The van der Waals surface area contributed by atoms with Crippen molar-refractivity contribution in [3.8, 4) is 5.88 Å². The number of aldehydes is 1. The van der Waals surface area contributed by atoms with Gasteiger partial charge in [0, 0.05) is 38.7 Å². The molecule has 0 bridgehead atoms. The number of rotatable bonds is 4. The minimum atomic E-state index is -4.79. The van der Waals surface area contributed by atoms with Crippen molar-refractivity contribution >= 4 is 12.1 Å². The quantitative estimate of drug-likeness (QED) is 0.537. The summed E-state index contributed by atoms with van der Waals surface area (Å²) in [5.74, 6) is -0.108. The number of aryl methyl sites for hydroxylation is 1. The average molecular weight is 436 g/mol. The molecule has 0 N–H and O–H groups in total. The lowest BCUT2D eigenvalue weighted by molar-refractivity contribution is -0.141. The fraction of sp³-hybridized carbons (Fsp3) is 0.500. The molecule has 0 aliphatic carbocycles. The lowest BCUT2D eigenvalue weighted by atomic mass is 9.96. The van der Waals surface area contributed by atoms with Crippen molar-refractivity contribution in [3.05, 3.63) is 35.2 Å². The van der Waals surface area contributed by atoms with Crippen LogP contribution < -0.4 is 9.64 Å². The van der Waals surface area contributed by atoms with Gasteiger partial charge in [0.15, 0.2) is 12.0 Å².